The van der Waals surface area contributed by atoms with Crippen LogP contribution in [0.25, 0.3) is 0 Å². The Labute approximate surface area is 134 Å². The van der Waals surface area contributed by atoms with Crippen molar-refractivity contribution in [1.29, 1.82) is 0 Å². The zero-order valence-corrected chi connectivity index (χ0v) is 13.2. The molecule has 0 atom stereocenters. The summed E-state index contributed by atoms with van der Waals surface area (Å²) in [4.78, 5) is 14.2. The molecule has 6 heteroatoms. The van der Waals surface area contributed by atoms with Crippen LogP contribution < -0.4 is 0 Å². The summed E-state index contributed by atoms with van der Waals surface area (Å²) < 4.78 is 5.65. The van der Waals surface area contributed by atoms with Gasteiger partial charge in [-0.15, -0.1) is 0 Å². The van der Waals surface area contributed by atoms with Crippen LogP contribution in [0.15, 0.2) is 18.2 Å². The van der Waals surface area contributed by atoms with Gasteiger partial charge in [0.15, 0.2) is 0 Å². The number of carbonyl (C=O) groups excluding carboxylic acids is 1. The maximum atomic E-state index is 12.4. The highest BCUT2D eigenvalue weighted by molar-refractivity contribution is 6.35. The van der Waals surface area contributed by atoms with Crippen molar-refractivity contribution in [2.45, 2.75) is 25.4 Å². The van der Waals surface area contributed by atoms with Crippen LogP contribution in [0.4, 0.5) is 0 Å². The van der Waals surface area contributed by atoms with E-state index in [1.54, 1.807) is 23.1 Å². The summed E-state index contributed by atoms with van der Waals surface area (Å²) in [6, 6.07) is 4.92. The molecule has 116 valence electrons. The largest absolute Gasteiger partial charge is 0.396 e. The van der Waals surface area contributed by atoms with Crippen LogP contribution >= 0.6 is 23.2 Å². The van der Waals surface area contributed by atoms with E-state index in [0.29, 0.717) is 41.7 Å². The number of aliphatic hydroxyl groups is 1. The van der Waals surface area contributed by atoms with Gasteiger partial charge >= 0.3 is 0 Å². The van der Waals surface area contributed by atoms with Gasteiger partial charge in [0.2, 0.25) is 0 Å². The van der Waals surface area contributed by atoms with Gasteiger partial charge in [-0.05, 0) is 37.5 Å². The number of likely N-dealkylation sites (tertiary alicyclic amines) is 1. The van der Waals surface area contributed by atoms with Gasteiger partial charge in [-0.25, -0.2) is 0 Å². The first-order chi connectivity index (χ1) is 10.1. The summed E-state index contributed by atoms with van der Waals surface area (Å²) in [5.74, 6) is -0.0868. The molecule has 0 radical (unpaired) electrons. The second-order valence-corrected chi connectivity index (χ2v) is 5.91. The molecule has 1 fully saturated rings. The third kappa shape index (κ3) is 4.58. The average molecular weight is 332 g/mol. The van der Waals surface area contributed by atoms with E-state index in [-0.39, 0.29) is 18.6 Å². The summed E-state index contributed by atoms with van der Waals surface area (Å²) >= 11 is 12.0. The topological polar surface area (TPSA) is 49.8 Å². The second-order valence-electron chi connectivity index (χ2n) is 5.06. The third-order valence-electron chi connectivity index (χ3n) is 3.54. The summed E-state index contributed by atoms with van der Waals surface area (Å²) in [6.45, 7) is 2.00. The average Bonchev–Trinajstić information content (AvgIpc) is 2.50. The first-order valence-corrected chi connectivity index (χ1v) is 7.84. The van der Waals surface area contributed by atoms with Crippen molar-refractivity contribution in [2.75, 3.05) is 26.3 Å². The number of carbonyl (C=O) groups is 1. The molecule has 1 saturated heterocycles. The monoisotopic (exact) mass is 331 g/mol. The third-order valence-corrected chi connectivity index (χ3v) is 4.11. The molecule has 1 aromatic rings. The number of ether oxygens (including phenoxy) is 1. The van der Waals surface area contributed by atoms with E-state index in [9.17, 15) is 4.79 Å². The number of piperidine rings is 1. The summed E-state index contributed by atoms with van der Waals surface area (Å²) in [5.41, 5.74) is 0.448. The Kier molecular flexibility index (Phi) is 6.30. The molecule has 1 heterocycles. The lowest BCUT2D eigenvalue weighted by molar-refractivity contribution is 0.00398. The lowest BCUT2D eigenvalue weighted by Gasteiger charge is -2.32. The van der Waals surface area contributed by atoms with E-state index in [4.69, 9.17) is 33.0 Å². The van der Waals surface area contributed by atoms with Crippen molar-refractivity contribution in [3.8, 4) is 0 Å². The molecule has 0 aliphatic carbocycles. The van der Waals surface area contributed by atoms with Crippen LogP contribution in [0.5, 0.6) is 0 Å². The van der Waals surface area contributed by atoms with E-state index in [2.05, 4.69) is 0 Å². The number of hydrogen-bond acceptors (Lipinski definition) is 3. The van der Waals surface area contributed by atoms with Gasteiger partial charge in [-0.2, -0.15) is 0 Å². The van der Waals surface area contributed by atoms with Crippen molar-refractivity contribution in [2.24, 2.45) is 0 Å². The molecule has 0 spiro atoms. The van der Waals surface area contributed by atoms with Crippen LogP contribution in [-0.4, -0.2) is 48.3 Å². The normalized spacial score (nSPS) is 16.2. The van der Waals surface area contributed by atoms with Crippen molar-refractivity contribution in [3.63, 3.8) is 0 Å². The molecule has 1 aromatic carbocycles. The smallest absolute Gasteiger partial charge is 0.255 e. The number of aliphatic hydroxyl groups excluding tert-OH is 1. The predicted molar refractivity (Wildman–Crippen MR) is 83.0 cm³/mol. The SMILES string of the molecule is O=C(c1cc(Cl)ccc1Cl)N1CCC(OCCCO)CC1. The molecule has 0 bridgehead atoms. The Morgan fingerprint density at radius 3 is 2.71 bits per heavy atom. The van der Waals surface area contributed by atoms with Crippen LogP contribution in [0.2, 0.25) is 10.0 Å². The minimum absolute atomic E-state index is 0.0868. The highest BCUT2D eigenvalue weighted by Gasteiger charge is 2.25. The quantitative estimate of drug-likeness (QED) is 0.844. The van der Waals surface area contributed by atoms with E-state index in [1.807, 2.05) is 0 Å². The Morgan fingerprint density at radius 2 is 2.05 bits per heavy atom. The lowest BCUT2D eigenvalue weighted by Crippen LogP contribution is -2.41. The lowest BCUT2D eigenvalue weighted by atomic mass is 10.1. The Balaban J connectivity index is 1.89. The number of rotatable bonds is 5. The van der Waals surface area contributed by atoms with Crippen LogP contribution in [0.1, 0.15) is 29.6 Å². The molecule has 2 rings (SSSR count). The minimum atomic E-state index is -0.0868. The van der Waals surface area contributed by atoms with Gasteiger partial charge in [-0.1, -0.05) is 23.2 Å². The zero-order valence-electron chi connectivity index (χ0n) is 11.7. The summed E-state index contributed by atoms with van der Waals surface area (Å²) in [5, 5.41) is 9.66. The number of nitrogens with zero attached hydrogens (tertiary/aromatic N) is 1. The zero-order chi connectivity index (χ0) is 15.2. The van der Waals surface area contributed by atoms with Gasteiger partial charge in [0, 0.05) is 31.3 Å². The van der Waals surface area contributed by atoms with Crippen LogP contribution in [0.3, 0.4) is 0 Å². The number of hydrogen-bond donors (Lipinski definition) is 1. The van der Waals surface area contributed by atoms with Gasteiger partial charge in [-0.3, -0.25) is 4.79 Å². The van der Waals surface area contributed by atoms with Gasteiger partial charge in [0.05, 0.1) is 16.7 Å². The minimum Gasteiger partial charge on any atom is -0.396 e. The maximum Gasteiger partial charge on any atom is 0.255 e. The maximum absolute atomic E-state index is 12.4. The number of amides is 1. The summed E-state index contributed by atoms with van der Waals surface area (Å²) in [6.07, 6.45) is 2.41. The molecule has 1 N–H and O–H groups in total. The van der Waals surface area contributed by atoms with Crippen molar-refractivity contribution < 1.29 is 14.6 Å². The van der Waals surface area contributed by atoms with Crippen LogP contribution in [-0.2, 0) is 4.74 Å². The molecular formula is C15H19Cl2NO3. The summed E-state index contributed by atoms with van der Waals surface area (Å²) in [7, 11) is 0. The van der Waals surface area contributed by atoms with E-state index in [1.165, 1.54) is 0 Å². The standard InChI is InChI=1S/C15H19Cl2NO3/c16-11-2-3-14(17)13(10-11)15(20)18-6-4-12(5-7-18)21-9-1-8-19/h2-3,10,12,19H,1,4-9H2. The van der Waals surface area contributed by atoms with Gasteiger partial charge in [0.25, 0.3) is 5.91 Å². The fourth-order valence-electron chi connectivity index (χ4n) is 2.37. The highest BCUT2D eigenvalue weighted by Crippen LogP contribution is 2.24. The van der Waals surface area contributed by atoms with E-state index in [0.717, 1.165) is 12.8 Å². The second kappa shape index (κ2) is 7.99. The van der Waals surface area contributed by atoms with E-state index >= 15 is 0 Å². The first-order valence-electron chi connectivity index (χ1n) is 7.08. The van der Waals surface area contributed by atoms with Crippen LogP contribution in [0, 0.1) is 0 Å². The van der Waals surface area contributed by atoms with Crippen molar-refractivity contribution >= 4 is 29.1 Å². The Hall–Kier alpha value is -0.810. The number of benzene rings is 1. The molecule has 1 aliphatic rings. The molecule has 0 unspecified atom stereocenters. The Bertz CT molecular complexity index is 488. The molecule has 0 saturated carbocycles. The molecule has 1 aliphatic heterocycles. The van der Waals surface area contributed by atoms with E-state index < -0.39 is 0 Å². The predicted octanol–water partition coefficient (Wildman–Crippen LogP) is 3.00. The number of halogens is 2. The highest BCUT2D eigenvalue weighted by atomic mass is 35.5. The van der Waals surface area contributed by atoms with Gasteiger partial charge in [0.1, 0.15) is 0 Å². The molecule has 21 heavy (non-hydrogen) atoms. The molecule has 1 amide bonds. The van der Waals surface area contributed by atoms with Crippen molar-refractivity contribution in [1.82, 2.24) is 4.90 Å². The molecular weight excluding hydrogens is 313 g/mol. The fraction of sp³-hybridized carbons (Fsp3) is 0.533. The Morgan fingerprint density at radius 1 is 1.33 bits per heavy atom. The van der Waals surface area contributed by atoms with Gasteiger partial charge < -0.3 is 14.7 Å². The fourth-order valence-corrected chi connectivity index (χ4v) is 2.74. The molecule has 4 nitrogen and oxygen atoms in total. The first kappa shape index (κ1) is 16.6. The molecule has 0 aromatic heterocycles. The van der Waals surface area contributed by atoms with Crippen molar-refractivity contribution in [3.05, 3.63) is 33.8 Å².